The molecule has 1 aliphatic carbocycles. The van der Waals surface area contributed by atoms with Gasteiger partial charge in [-0.2, -0.15) is 10.1 Å². The van der Waals surface area contributed by atoms with Crippen LogP contribution in [0.1, 0.15) is 43.7 Å². The second-order valence-corrected chi connectivity index (χ2v) is 18.0. The van der Waals surface area contributed by atoms with Crippen LogP contribution in [0, 0.1) is 5.92 Å². The molecule has 4 fully saturated rings. The summed E-state index contributed by atoms with van der Waals surface area (Å²) < 4.78 is 55.0. The highest BCUT2D eigenvalue weighted by molar-refractivity contribution is 6.33. The van der Waals surface area contributed by atoms with Crippen molar-refractivity contribution in [2.75, 3.05) is 72.9 Å². The number of amides is 2. The van der Waals surface area contributed by atoms with Crippen molar-refractivity contribution >= 4 is 74.0 Å². The number of benzene rings is 2. The fourth-order valence-corrected chi connectivity index (χ4v) is 9.69. The molecule has 20 heteroatoms. The molecule has 0 spiro atoms. The van der Waals surface area contributed by atoms with E-state index in [1.54, 1.807) is 34.8 Å². The highest BCUT2D eigenvalue weighted by Crippen LogP contribution is 2.46. The summed E-state index contributed by atoms with van der Waals surface area (Å²) in [5.41, 5.74) is 1.65. The molecule has 1 unspecified atom stereocenters. The number of fused-ring (bicyclic) bond motifs is 4. The molecule has 0 radical (unpaired) electrons. The average Bonchev–Trinajstić information content (AvgIpc) is 4.07. The van der Waals surface area contributed by atoms with Gasteiger partial charge in [-0.15, -0.1) is 0 Å². The fraction of sp³-hybridized carbons (Fsp3) is 0.488. The number of hydrogen-bond acceptors (Lipinski definition) is 13. The summed E-state index contributed by atoms with van der Waals surface area (Å²) in [6, 6.07) is 10.00. The molecule has 4 atom stereocenters. The molecule has 5 aromatic rings. The molecule has 10 rings (SSSR count). The standard InChI is InChI=1S/C43H47ClF3N11O5/c1-54-30-9-5-24(17-28(30)35-36(40(54)61)63-22-43(46,47)37(51-35)23-3-4-23)49-38-29(44)19-48-41(52-38)58-12-11-42(62,32(45)20-58)21-56-13-15-57(16-14-56)25-6-7-26-31(18-25)55(2)53-34(26)27-8-10-33(59)50-39(27)60/h5-7,9,17-19,23,27,32,37,51,62H,3-4,8,10-16,20-22H2,1-2H3,(H,48,49,52)(H,50,59,60)/t27?,32-,37+,42+/m1/s1. The van der Waals surface area contributed by atoms with E-state index in [2.05, 4.69) is 46.9 Å². The number of halogens is 4. The van der Waals surface area contributed by atoms with Gasteiger partial charge in [0, 0.05) is 81.9 Å². The number of hydrogen-bond donors (Lipinski definition) is 4. The Bertz CT molecular complexity index is 2720. The number of aryl methyl sites for hydroxylation is 2. The summed E-state index contributed by atoms with van der Waals surface area (Å²) in [5, 5.41) is 26.5. The Morgan fingerprint density at radius 2 is 1.78 bits per heavy atom. The maximum atomic E-state index is 16.1. The number of nitrogens with one attached hydrogen (secondary N) is 3. The minimum absolute atomic E-state index is 0.139. The number of anilines is 5. The van der Waals surface area contributed by atoms with Crippen LogP contribution >= 0.6 is 11.6 Å². The first kappa shape index (κ1) is 41.4. The van der Waals surface area contributed by atoms with E-state index < -0.39 is 41.8 Å². The van der Waals surface area contributed by atoms with Crippen LogP contribution in [0.5, 0.6) is 5.75 Å². The van der Waals surface area contributed by atoms with Gasteiger partial charge in [0.25, 0.3) is 5.56 Å². The van der Waals surface area contributed by atoms with Crippen LogP contribution in [-0.2, 0) is 23.7 Å². The lowest BCUT2D eigenvalue weighted by molar-refractivity contribution is -0.134. The van der Waals surface area contributed by atoms with E-state index in [-0.39, 0.29) is 78.4 Å². The number of nitrogens with zero attached hydrogens (tertiary/aromatic N) is 8. The first-order valence-electron chi connectivity index (χ1n) is 21.3. The number of piperidine rings is 2. The average molecular weight is 890 g/mol. The third kappa shape index (κ3) is 7.56. The van der Waals surface area contributed by atoms with Gasteiger partial charge in [-0.05, 0) is 68.0 Å². The molecule has 2 aromatic carbocycles. The van der Waals surface area contributed by atoms with Gasteiger partial charge in [-0.3, -0.25) is 29.3 Å². The van der Waals surface area contributed by atoms with Gasteiger partial charge in [0.1, 0.15) is 16.8 Å². The van der Waals surface area contributed by atoms with E-state index in [4.69, 9.17) is 16.3 Å². The van der Waals surface area contributed by atoms with Gasteiger partial charge >= 0.3 is 5.92 Å². The predicted molar refractivity (Wildman–Crippen MR) is 231 cm³/mol. The van der Waals surface area contributed by atoms with E-state index in [1.165, 1.54) is 10.8 Å². The number of aliphatic hydroxyl groups is 1. The quantitative estimate of drug-likeness (QED) is 0.161. The van der Waals surface area contributed by atoms with Gasteiger partial charge in [-0.1, -0.05) is 11.6 Å². The SMILES string of the molecule is Cn1nc(C2CCC(=O)NC2=O)c2ccc(N3CCN(C[C@@]4(O)CCN(c5ncc(Cl)c(Nc6ccc7c(c6)c6c(c(=O)n7C)OCC(F)(F)[C@H](C7CC7)N6)n5)C[C@H]4F)CC3)cc21. The zero-order chi connectivity index (χ0) is 43.9. The smallest absolute Gasteiger partial charge is 0.301 e. The number of piperazine rings is 1. The molecular weight excluding hydrogens is 843 g/mol. The van der Waals surface area contributed by atoms with Crippen molar-refractivity contribution in [1.29, 1.82) is 0 Å². The number of ether oxygens (including phenoxy) is 1. The molecule has 4 aliphatic heterocycles. The van der Waals surface area contributed by atoms with Crippen molar-refractivity contribution in [3.05, 3.63) is 63.7 Å². The second-order valence-electron chi connectivity index (χ2n) is 17.5. The summed E-state index contributed by atoms with van der Waals surface area (Å²) in [6.45, 7) is 1.97. The predicted octanol–water partition coefficient (Wildman–Crippen LogP) is 4.45. The number of alkyl halides is 3. The van der Waals surface area contributed by atoms with Crippen molar-refractivity contribution in [3.63, 3.8) is 0 Å². The lowest BCUT2D eigenvalue weighted by Crippen LogP contribution is -2.61. The molecule has 332 valence electrons. The molecule has 1 saturated carbocycles. The van der Waals surface area contributed by atoms with E-state index in [9.17, 15) is 19.5 Å². The second kappa shape index (κ2) is 15.5. The zero-order valence-electron chi connectivity index (χ0n) is 34.7. The topological polar surface area (TPSA) is 175 Å². The third-order valence-electron chi connectivity index (χ3n) is 13.3. The number of pyridine rings is 1. The highest BCUT2D eigenvalue weighted by atomic mass is 35.5. The van der Waals surface area contributed by atoms with Gasteiger partial charge in [0.05, 0.1) is 47.1 Å². The molecule has 4 N–H and O–H groups in total. The van der Waals surface area contributed by atoms with Crippen molar-refractivity contribution in [2.45, 2.75) is 61.8 Å². The largest absolute Gasteiger partial charge is 0.480 e. The van der Waals surface area contributed by atoms with E-state index in [1.807, 2.05) is 19.2 Å². The zero-order valence-corrected chi connectivity index (χ0v) is 35.5. The Labute approximate surface area is 364 Å². The number of β-amino-alcohol motifs (C(OH)–C–C–N with tert-alkyl or cyclic N) is 1. The molecule has 3 aromatic heterocycles. The fourth-order valence-electron chi connectivity index (χ4n) is 9.55. The van der Waals surface area contributed by atoms with Crippen molar-refractivity contribution in [2.24, 2.45) is 20.0 Å². The van der Waals surface area contributed by atoms with Gasteiger partial charge in [-0.25, -0.2) is 18.2 Å². The lowest BCUT2D eigenvalue weighted by Gasteiger charge is -2.45. The van der Waals surface area contributed by atoms with Crippen molar-refractivity contribution in [3.8, 4) is 5.75 Å². The normalized spacial score (nSPS) is 25.3. The number of rotatable bonds is 8. The van der Waals surface area contributed by atoms with Crippen LogP contribution in [0.25, 0.3) is 21.8 Å². The summed E-state index contributed by atoms with van der Waals surface area (Å²) in [7, 11) is 3.40. The Morgan fingerprint density at radius 1 is 0.984 bits per heavy atom. The van der Waals surface area contributed by atoms with Crippen LogP contribution < -0.4 is 36.0 Å². The Hall–Kier alpha value is -5.66. The maximum absolute atomic E-state index is 16.1. The number of carbonyl (C=O) groups is 2. The summed E-state index contributed by atoms with van der Waals surface area (Å²) >= 11 is 6.57. The molecule has 2 amide bonds. The Balaban J connectivity index is 0.791. The third-order valence-corrected chi connectivity index (χ3v) is 13.6. The molecule has 3 saturated heterocycles. The summed E-state index contributed by atoms with van der Waals surface area (Å²) in [4.78, 5) is 52.6. The number of carbonyl (C=O) groups excluding carboxylic acids is 2. The summed E-state index contributed by atoms with van der Waals surface area (Å²) in [5.74, 6) is -4.19. The van der Waals surface area contributed by atoms with Crippen LogP contribution in [0.15, 0.2) is 47.4 Å². The summed E-state index contributed by atoms with van der Waals surface area (Å²) in [6.07, 6.45) is 1.98. The molecule has 7 heterocycles. The van der Waals surface area contributed by atoms with Gasteiger partial charge in [0.2, 0.25) is 23.5 Å². The minimum Gasteiger partial charge on any atom is -0.480 e. The van der Waals surface area contributed by atoms with Crippen LogP contribution in [0.4, 0.5) is 42.0 Å². The van der Waals surface area contributed by atoms with Gasteiger partial charge < -0.3 is 34.8 Å². The van der Waals surface area contributed by atoms with Crippen LogP contribution in [0.3, 0.4) is 0 Å². The molecule has 5 aliphatic rings. The Morgan fingerprint density at radius 3 is 2.52 bits per heavy atom. The molecule has 0 bridgehead atoms. The van der Waals surface area contributed by atoms with E-state index >= 15 is 13.2 Å². The van der Waals surface area contributed by atoms with Crippen molar-refractivity contribution < 1.29 is 32.6 Å². The van der Waals surface area contributed by atoms with Crippen LogP contribution in [-0.4, -0.2) is 122 Å². The maximum Gasteiger partial charge on any atom is 0.301 e. The molecule has 63 heavy (non-hydrogen) atoms. The first-order valence-corrected chi connectivity index (χ1v) is 21.7. The highest BCUT2D eigenvalue weighted by Gasteiger charge is 2.51. The van der Waals surface area contributed by atoms with E-state index in [0.717, 1.165) is 16.6 Å². The monoisotopic (exact) mass is 889 g/mol. The number of imide groups is 1. The lowest BCUT2D eigenvalue weighted by atomic mass is 9.89. The number of aromatic nitrogens is 5. The Kier molecular flexibility index (Phi) is 10.2. The van der Waals surface area contributed by atoms with Crippen molar-refractivity contribution in [1.82, 2.24) is 34.5 Å². The minimum atomic E-state index is -3.18. The first-order chi connectivity index (χ1) is 30.2. The van der Waals surface area contributed by atoms with E-state index in [0.29, 0.717) is 67.7 Å². The molecule has 16 nitrogen and oxygen atoms in total. The van der Waals surface area contributed by atoms with Gasteiger partial charge in [0.15, 0.2) is 12.4 Å². The van der Waals surface area contributed by atoms with Crippen LogP contribution in [0.2, 0.25) is 5.02 Å². The molecular formula is C43H47ClF3N11O5.